The van der Waals surface area contributed by atoms with Crippen LogP contribution in [0.4, 0.5) is 18.9 Å². The molecule has 3 rings (SSSR count). The van der Waals surface area contributed by atoms with Gasteiger partial charge in [0.25, 0.3) is 5.91 Å². The van der Waals surface area contributed by atoms with E-state index in [0.717, 1.165) is 18.2 Å². The average Bonchev–Trinajstić information content (AvgIpc) is 2.82. The molecule has 1 aliphatic rings. The number of amides is 2. The maximum absolute atomic E-state index is 13.6. The van der Waals surface area contributed by atoms with E-state index in [4.69, 9.17) is 23.2 Å². The Bertz CT molecular complexity index is 1380. The van der Waals surface area contributed by atoms with Gasteiger partial charge in [0.05, 0.1) is 11.3 Å². The van der Waals surface area contributed by atoms with Gasteiger partial charge in [-0.25, -0.2) is 0 Å². The van der Waals surface area contributed by atoms with Crippen LogP contribution in [0, 0.1) is 11.3 Å². The van der Waals surface area contributed by atoms with Crippen LogP contribution in [-0.2, 0) is 20.4 Å². The normalized spacial score (nSPS) is 20.2. The van der Waals surface area contributed by atoms with E-state index < -0.39 is 50.1 Å². The summed E-state index contributed by atoms with van der Waals surface area (Å²) in [4.78, 5) is 28.2. The lowest BCUT2D eigenvalue weighted by atomic mass is 9.66. The van der Waals surface area contributed by atoms with Crippen LogP contribution in [0.1, 0.15) is 50.0 Å². The van der Waals surface area contributed by atoms with Crippen LogP contribution in [0.25, 0.3) is 0 Å². The van der Waals surface area contributed by atoms with Crippen molar-refractivity contribution < 1.29 is 36.3 Å². The molecule has 2 aromatic carbocycles. The van der Waals surface area contributed by atoms with Gasteiger partial charge in [0.15, 0.2) is 0 Å². The molecule has 14 heteroatoms. The summed E-state index contributed by atoms with van der Waals surface area (Å²) in [6.07, 6.45) is 0.225. The van der Waals surface area contributed by atoms with E-state index in [1.165, 1.54) is 4.72 Å². The van der Waals surface area contributed by atoms with Crippen LogP contribution in [0.15, 0.2) is 42.5 Å². The lowest BCUT2D eigenvalue weighted by Crippen LogP contribution is -2.60. The molecular weight excluding hydrogens is 594 g/mol. The highest BCUT2D eigenvalue weighted by atomic mass is 35.5. The zero-order valence-electron chi connectivity index (χ0n) is 22.1. The molecule has 1 heterocycles. The summed E-state index contributed by atoms with van der Waals surface area (Å²) in [5.74, 6) is -1.63. The van der Waals surface area contributed by atoms with E-state index in [1.807, 2.05) is 13.8 Å². The van der Waals surface area contributed by atoms with Crippen molar-refractivity contribution in [2.24, 2.45) is 11.3 Å². The minimum Gasteiger partial charge on any atom is -0.384 e. The first-order valence-corrected chi connectivity index (χ1v) is 14.5. The highest BCUT2D eigenvalue weighted by Gasteiger charge is 2.50. The number of alkyl halides is 3. The van der Waals surface area contributed by atoms with Gasteiger partial charge in [-0.3, -0.25) is 14.3 Å². The van der Waals surface area contributed by atoms with E-state index in [0.29, 0.717) is 10.6 Å². The minimum absolute atomic E-state index is 0.171. The number of anilines is 1. The van der Waals surface area contributed by atoms with Crippen LogP contribution < -0.4 is 10.0 Å². The topological polar surface area (TPSA) is 116 Å². The molecule has 2 amide bonds. The van der Waals surface area contributed by atoms with Crippen molar-refractivity contribution in [3.63, 3.8) is 0 Å². The number of carbonyl (C=O) groups excluding carboxylic acids is 2. The number of likely N-dealkylation sites (tertiary alicyclic amines) is 1. The third-order valence-electron chi connectivity index (χ3n) is 7.02. The Kier molecular flexibility index (Phi) is 9.10. The molecule has 1 aliphatic heterocycles. The molecule has 1 saturated heterocycles. The van der Waals surface area contributed by atoms with E-state index in [1.54, 1.807) is 43.0 Å². The van der Waals surface area contributed by atoms with Gasteiger partial charge in [-0.05, 0) is 48.2 Å². The molecule has 0 spiro atoms. The number of halogens is 5. The molecular formula is C26H30Cl2F3N3O5S. The van der Waals surface area contributed by atoms with E-state index in [-0.39, 0.29) is 36.0 Å². The molecule has 0 aromatic heterocycles. The third-order valence-corrected chi connectivity index (χ3v) is 8.60. The van der Waals surface area contributed by atoms with Crippen molar-refractivity contribution in [1.29, 1.82) is 0 Å². The molecule has 220 valence electrons. The summed E-state index contributed by atoms with van der Waals surface area (Å²) < 4.78 is 62.7. The molecule has 0 unspecified atom stereocenters. The Morgan fingerprint density at radius 2 is 1.65 bits per heavy atom. The van der Waals surface area contributed by atoms with Crippen molar-refractivity contribution in [3.05, 3.63) is 63.6 Å². The molecule has 1 fully saturated rings. The van der Waals surface area contributed by atoms with E-state index in [2.05, 4.69) is 5.32 Å². The summed E-state index contributed by atoms with van der Waals surface area (Å²) >= 11 is 11.9. The molecule has 40 heavy (non-hydrogen) atoms. The predicted octanol–water partition coefficient (Wildman–Crippen LogP) is 5.16. The van der Waals surface area contributed by atoms with E-state index in [9.17, 15) is 36.3 Å². The van der Waals surface area contributed by atoms with Gasteiger partial charge < -0.3 is 15.3 Å². The zero-order chi connectivity index (χ0) is 30.3. The van der Waals surface area contributed by atoms with Crippen molar-refractivity contribution in [2.75, 3.05) is 17.8 Å². The number of benzene rings is 2. The lowest BCUT2D eigenvalue weighted by molar-refractivity contribution is -0.155. The fourth-order valence-corrected chi connectivity index (χ4v) is 5.60. The van der Waals surface area contributed by atoms with Crippen LogP contribution >= 0.6 is 23.2 Å². The first-order valence-electron chi connectivity index (χ1n) is 12.3. The number of nitrogens with zero attached hydrogens (tertiary/aromatic N) is 1. The first-order chi connectivity index (χ1) is 18.3. The number of piperidine rings is 1. The van der Waals surface area contributed by atoms with Gasteiger partial charge in [0.1, 0.15) is 6.04 Å². The molecule has 3 N–H and O–H groups in total. The first kappa shape index (κ1) is 32.0. The Hall–Kier alpha value is -2.54. The number of aliphatic hydroxyl groups is 1. The molecule has 0 bridgehead atoms. The number of hydrogen-bond acceptors (Lipinski definition) is 5. The van der Waals surface area contributed by atoms with Gasteiger partial charge in [0.2, 0.25) is 5.91 Å². The standard InChI is InChI=1S/C26H30Cl2F3N3O5S/c1-15(2)21(32-22(35)16-11-19(28)13-20(12-16)33-40(38,39)26(29,30)31)23(36)34-10-9-25(37,24(3,4)14-34)17-5-7-18(27)8-6-17/h5-8,11-13,15,21,33,37H,9-10,14H2,1-4H3,(H,32,35)/t21-,25+/m1/s1. The third kappa shape index (κ3) is 6.67. The molecule has 0 radical (unpaired) electrons. The summed E-state index contributed by atoms with van der Waals surface area (Å²) in [6.45, 7) is 7.45. The fourth-order valence-electron chi connectivity index (χ4n) is 4.70. The number of rotatable bonds is 7. The lowest BCUT2D eigenvalue weighted by Gasteiger charge is -2.51. The average molecular weight is 625 g/mol. The van der Waals surface area contributed by atoms with Crippen molar-refractivity contribution in [1.82, 2.24) is 10.2 Å². The number of hydrogen-bond donors (Lipinski definition) is 3. The SMILES string of the molecule is CC(C)[C@@H](NC(=O)c1cc(Cl)cc(NS(=O)(=O)C(F)(F)F)c1)C(=O)N1CC[C@](O)(c2ccc(Cl)cc2)C(C)(C)C1. The van der Waals surface area contributed by atoms with Gasteiger partial charge >= 0.3 is 15.5 Å². The van der Waals surface area contributed by atoms with Gasteiger partial charge in [0, 0.05) is 34.1 Å². The summed E-state index contributed by atoms with van der Waals surface area (Å²) in [5, 5.41) is 14.5. The van der Waals surface area contributed by atoms with E-state index >= 15 is 0 Å². The highest BCUT2D eigenvalue weighted by Crippen LogP contribution is 2.46. The quantitative estimate of drug-likeness (QED) is 0.394. The number of nitrogens with one attached hydrogen (secondary N) is 2. The number of carbonyl (C=O) groups is 2. The summed E-state index contributed by atoms with van der Waals surface area (Å²) in [6, 6.07) is 8.77. The van der Waals surface area contributed by atoms with Gasteiger partial charge in [-0.2, -0.15) is 21.6 Å². The maximum atomic E-state index is 13.6. The highest BCUT2D eigenvalue weighted by molar-refractivity contribution is 7.93. The zero-order valence-corrected chi connectivity index (χ0v) is 24.5. The molecule has 2 aromatic rings. The van der Waals surface area contributed by atoms with Crippen LogP contribution in [0.3, 0.4) is 0 Å². The second kappa shape index (κ2) is 11.4. The fraction of sp³-hybridized carbons (Fsp3) is 0.462. The van der Waals surface area contributed by atoms with Gasteiger partial charge in [-0.15, -0.1) is 0 Å². The van der Waals surface area contributed by atoms with Crippen LogP contribution in [0.5, 0.6) is 0 Å². The largest absolute Gasteiger partial charge is 0.516 e. The Labute approximate surface area is 240 Å². The Morgan fingerprint density at radius 1 is 1.05 bits per heavy atom. The second-order valence-electron chi connectivity index (χ2n) is 10.7. The van der Waals surface area contributed by atoms with Crippen molar-refractivity contribution in [3.8, 4) is 0 Å². The summed E-state index contributed by atoms with van der Waals surface area (Å²) in [7, 11) is -5.75. The Balaban J connectivity index is 1.80. The predicted molar refractivity (Wildman–Crippen MR) is 146 cm³/mol. The van der Waals surface area contributed by atoms with Crippen molar-refractivity contribution >= 4 is 50.7 Å². The summed E-state index contributed by atoms with van der Waals surface area (Å²) in [5.41, 5.74) is -7.75. The molecule has 0 saturated carbocycles. The van der Waals surface area contributed by atoms with Crippen LogP contribution in [0.2, 0.25) is 10.0 Å². The van der Waals surface area contributed by atoms with Gasteiger partial charge in [-0.1, -0.05) is 63.0 Å². The van der Waals surface area contributed by atoms with Crippen molar-refractivity contribution in [2.45, 2.75) is 51.3 Å². The second-order valence-corrected chi connectivity index (χ2v) is 13.3. The maximum Gasteiger partial charge on any atom is 0.516 e. The van der Waals surface area contributed by atoms with Crippen LogP contribution in [-0.4, -0.2) is 54.9 Å². The molecule has 0 aliphatic carbocycles. The smallest absolute Gasteiger partial charge is 0.384 e. The number of sulfonamides is 1. The molecule has 2 atom stereocenters. The minimum atomic E-state index is -5.75. The Morgan fingerprint density at radius 3 is 2.17 bits per heavy atom. The monoisotopic (exact) mass is 623 g/mol. The molecule has 8 nitrogen and oxygen atoms in total.